The van der Waals surface area contributed by atoms with Crippen LogP contribution in [0, 0.1) is 22.2 Å². The smallest absolute Gasteiger partial charge is 0.225 e. The van der Waals surface area contributed by atoms with Gasteiger partial charge in [-0.25, -0.2) is 9.50 Å². The Hall–Kier alpha value is -4.23. The minimum absolute atomic E-state index is 0.104. The number of fused-ring (bicyclic) bond motifs is 1. The van der Waals surface area contributed by atoms with Crippen LogP contribution in [0.3, 0.4) is 0 Å². The molecule has 10 nitrogen and oxygen atoms in total. The molecule has 4 aromatic heterocycles. The van der Waals surface area contributed by atoms with E-state index >= 15 is 0 Å². The average Bonchev–Trinajstić information content (AvgIpc) is 3.68. The van der Waals surface area contributed by atoms with Gasteiger partial charge in [0.15, 0.2) is 0 Å². The first-order valence-corrected chi connectivity index (χ1v) is 15.0. The zero-order chi connectivity index (χ0) is 28.9. The van der Waals surface area contributed by atoms with Crippen molar-refractivity contribution in [2.24, 2.45) is 10.8 Å². The third-order valence-corrected chi connectivity index (χ3v) is 10.1. The van der Waals surface area contributed by atoms with Crippen molar-refractivity contribution in [3.8, 4) is 28.3 Å². The van der Waals surface area contributed by atoms with Crippen molar-refractivity contribution in [1.82, 2.24) is 35.0 Å². The molecule has 10 heteroatoms. The van der Waals surface area contributed by atoms with E-state index in [0.29, 0.717) is 17.0 Å². The van der Waals surface area contributed by atoms with Crippen LogP contribution in [0.2, 0.25) is 0 Å². The summed E-state index contributed by atoms with van der Waals surface area (Å²) in [5.41, 5.74) is 5.36. The van der Waals surface area contributed by atoms with Crippen molar-refractivity contribution < 1.29 is 4.79 Å². The molecule has 1 amide bonds. The van der Waals surface area contributed by atoms with Crippen LogP contribution >= 0.6 is 0 Å². The van der Waals surface area contributed by atoms with Gasteiger partial charge in [-0.2, -0.15) is 15.5 Å². The van der Waals surface area contributed by atoms with Crippen molar-refractivity contribution in [1.29, 1.82) is 5.26 Å². The van der Waals surface area contributed by atoms with Crippen LogP contribution in [-0.4, -0.2) is 63.5 Å². The number of aromatic nitrogens is 5. The number of carbonyl (C=O) groups is 1. The summed E-state index contributed by atoms with van der Waals surface area (Å²) in [6.07, 6.45) is 16.0. The molecule has 2 saturated heterocycles. The second-order valence-electron chi connectivity index (χ2n) is 12.7. The molecule has 1 saturated carbocycles. The van der Waals surface area contributed by atoms with E-state index in [1.807, 2.05) is 31.6 Å². The van der Waals surface area contributed by atoms with E-state index < -0.39 is 0 Å². The highest BCUT2D eigenvalue weighted by Gasteiger charge is 2.40. The zero-order valence-electron chi connectivity index (χ0n) is 24.3. The Balaban J connectivity index is 1.15. The molecule has 42 heavy (non-hydrogen) atoms. The molecule has 2 N–H and O–H groups in total. The Morgan fingerprint density at radius 3 is 2.45 bits per heavy atom. The standard InChI is InChI=1S/C32H37N9O/c1-31(30(42)34-2)9-11-39(12-10-31)28-4-3-22(15-36-28)27-13-23(18-41-29(27)24(14-33)16-38-41)25-17-37-40(19-25)26-5-7-32(8-6-26)20-35-21-32/h3-4,13,15-19,26,35H,5-12,20-21H2,1-2H3,(H,34,42). The molecule has 216 valence electrons. The molecule has 0 radical (unpaired) electrons. The third-order valence-electron chi connectivity index (χ3n) is 10.1. The number of carbonyl (C=O) groups excluding carboxylic acids is 1. The predicted molar refractivity (Wildman–Crippen MR) is 161 cm³/mol. The number of anilines is 1. The summed E-state index contributed by atoms with van der Waals surface area (Å²) < 4.78 is 3.94. The predicted octanol–water partition coefficient (Wildman–Crippen LogP) is 4.19. The fraction of sp³-hybridized carbons (Fsp3) is 0.469. The Morgan fingerprint density at radius 1 is 1.02 bits per heavy atom. The lowest BCUT2D eigenvalue weighted by molar-refractivity contribution is -0.130. The number of nitrogens with zero attached hydrogens (tertiary/aromatic N) is 7. The molecule has 4 aromatic rings. The molecule has 1 spiro atoms. The van der Waals surface area contributed by atoms with Crippen LogP contribution in [0.25, 0.3) is 27.8 Å². The number of hydrogen-bond acceptors (Lipinski definition) is 7. The molecule has 2 aliphatic heterocycles. The molecular formula is C32H37N9O. The van der Waals surface area contributed by atoms with Crippen molar-refractivity contribution in [2.45, 2.75) is 51.5 Å². The van der Waals surface area contributed by atoms with Crippen LogP contribution in [0.15, 0.2) is 49.2 Å². The quantitative estimate of drug-likeness (QED) is 0.374. The lowest BCUT2D eigenvalue weighted by atomic mass is 9.68. The maximum Gasteiger partial charge on any atom is 0.225 e. The zero-order valence-corrected chi connectivity index (χ0v) is 24.3. The summed E-state index contributed by atoms with van der Waals surface area (Å²) in [6, 6.07) is 8.97. The first-order chi connectivity index (χ1) is 20.4. The third kappa shape index (κ3) is 4.52. The number of rotatable bonds is 5. The van der Waals surface area contributed by atoms with Gasteiger partial charge in [-0.3, -0.25) is 9.48 Å². The molecule has 3 fully saturated rings. The highest BCUT2D eigenvalue weighted by atomic mass is 16.2. The van der Waals surface area contributed by atoms with E-state index in [1.54, 1.807) is 17.8 Å². The van der Waals surface area contributed by atoms with Crippen molar-refractivity contribution in [3.05, 3.63) is 54.7 Å². The second kappa shape index (κ2) is 10.2. The summed E-state index contributed by atoms with van der Waals surface area (Å²) in [7, 11) is 1.70. The summed E-state index contributed by atoms with van der Waals surface area (Å²) in [5.74, 6) is 1.000. The monoisotopic (exact) mass is 563 g/mol. The van der Waals surface area contributed by atoms with E-state index in [-0.39, 0.29) is 11.3 Å². The maximum atomic E-state index is 12.3. The minimum atomic E-state index is -0.339. The van der Waals surface area contributed by atoms with Crippen LogP contribution in [-0.2, 0) is 4.79 Å². The fourth-order valence-corrected chi connectivity index (χ4v) is 7.07. The molecule has 0 bridgehead atoms. The van der Waals surface area contributed by atoms with E-state index in [0.717, 1.165) is 85.5 Å². The molecule has 3 aliphatic rings. The minimum Gasteiger partial charge on any atom is -0.359 e. The van der Waals surface area contributed by atoms with Gasteiger partial charge in [-0.05, 0) is 62.1 Å². The van der Waals surface area contributed by atoms with Gasteiger partial charge in [-0.1, -0.05) is 6.92 Å². The van der Waals surface area contributed by atoms with E-state index in [4.69, 9.17) is 10.1 Å². The van der Waals surface area contributed by atoms with Gasteiger partial charge in [-0.15, -0.1) is 0 Å². The Kier molecular flexibility index (Phi) is 6.50. The largest absolute Gasteiger partial charge is 0.359 e. The Bertz CT molecular complexity index is 1660. The van der Waals surface area contributed by atoms with Gasteiger partial charge >= 0.3 is 0 Å². The first-order valence-electron chi connectivity index (χ1n) is 15.0. The molecule has 7 rings (SSSR count). The van der Waals surface area contributed by atoms with Crippen molar-refractivity contribution in [2.75, 3.05) is 38.1 Å². The first kappa shape index (κ1) is 26.7. The topological polar surface area (TPSA) is 116 Å². The molecule has 6 heterocycles. The highest BCUT2D eigenvalue weighted by molar-refractivity contribution is 5.87. The van der Waals surface area contributed by atoms with Gasteiger partial charge in [0, 0.05) is 79.5 Å². The lowest BCUT2D eigenvalue weighted by Gasteiger charge is -2.47. The molecule has 0 unspecified atom stereocenters. The van der Waals surface area contributed by atoms with E-state index in [9.17, 15) is 10.1 Å². The number of hydrogen-bond donors (Lipinski definition) is 2. The number of nitrogens with one attached hydrogen (secondary N) is 2. The van der Waals surface area contributed by atoms with Gasteiger partial charge in [0.1, 0.15) is 11.9 Å². The number of pyridine rings is 2. The Labute approximate surface area is 245 Å². The maximum absolute atomic E-state index is 12.3. The highest BCUT2D eigenvalue weighted by Crippen LogP contribution is 2.43. The van der Waals surface area contributed by atoms with Crippen LogP contribution in [0.5, 0.6) is 0 Å². The SMILES string of the molecule is CNC(=O)C1(C)CCN(c2ccc(-c3cc(-c4cnn(C5CCC6(CC5)CNC6)c4)cn4ncc(C#N)c34)cn2)CC1. The lowest BCUT2D eigenvalue weighted by Crippen LogP contribution is -2.54. The molecule has 1 aliphatic carbocycles. The van der Waals surface area contributed by atoms with Crippen LogP contribution in [0.1, 0.15) is 57.1 Å². The van der Waals surface area contributed by atoms with Gasteiger partial charge in [0.2, 0.25) is 5.91 Å². The Morgan fingerprint density at radius 2 is 1.81 bits per heavy atom. The summed E-state index contributed by atoms with van der Waals surface area (Å²) in [5, 5.41) is 25.4. The average molecular weight is 564 g/mol. The molecular weight excluding hydrogens is 526 g/mol. The molecule has 0 aromatic carbocycles. The van der Waals surface area contributed by atoms with Crippen molar-refractivity contribution in [3.63, 3.8) is 0 Å². The summed E-state index contributed by atoms with van der Waals surface area (Å²) >= 11 is 0. The number of nitriles is 1. The molecule has 0 atom stereocenters. The number of amides is 1. The second-order valence-corrected chi connectivity index (χ2v) is 12.7. The van der Waals surface area contributed by atoms with E-state index in [2.05, 4.69) is 49.7 Å². The van der Waals surface area contributed by atoms with Crippen LogP contribution < -0.4 is 15.5 Å². The van der Waals surface area contributed by atoms with Crippen molar-refractivity contribution >= 4 is 17.2 Å². The fourth-order valence-electron chi connectivity index (χ4n) is 7.07. The van der Waals surface area contributed by atoms with Crippen LogP contribution in [0.4, 0.5) is 5.82 Å². The normalized spacial score (nSPS) is 19.9. The van der Waals surface area contributed by atoms with Gasteiger partial charge < -0.3 is 15.5 Å². The summed E-state index contributed by atoms with van der Waals surface area (Å²) in [6.45, 7) is 5.91. The summed E-state index contributed by atoms with van der Waals surface area (Å²) in [4.78, 5) is 19.4. The van der Waals surface area contributed by atoms with Gasteiger partial charge in [0.25, 0.3) is 0 Å². The number of piperidine rings is 1. The van der Waals surface area contributed by atoms with Gasteiger partial charge in [0.05, 0.1) is 29.5 Å². The van der Waals surface area contributed by atoms with E-state index in [1.165, 1.54) is 12.8 Å².